The standard InChI is InChI=1S/C32H29Cl2N5O6S/c1-44-22-11-13-28(27(20-22)45-2)46(42,43)39-26-12-10-21(33)19-24(26)32(30(39)40,23-7-3-4-8-25(23)34)36-31(41)38-17-15-37(16-18-38)29-9-5-6-14-35-29/h3-14,19-20H,15-18H2,1-2H3,(H,36,41). The second-order valence-electron chi connectivity index (χ2n) is 10.6. The van der Waals surface area contributed by atoms with Crippen LogP contribution in [0.2, 0.25) is 10.0 Å². The van der Waals surface area contributed by atoms with Crippen molar-refractivity contribution in [1.82, 2.24) is 15.2 Å². The van der Waals surface area contributed by atoms with Crippen molar-refractivity contribution in [2.45, 2.75) is 10.4 Å². The Hall–Kier alpha value is -4.52. The molecule has 3 aromatic carbocycles. The van der Waals surface area contributed by atoms with Crippen molar-refractivity contribution in [3.05, 3.63) is 106 Å². The summed E-state index contributed by atoms with van der Waals surface area (Å²) in [5.74, 6) is 0.153. The molecule has 1 fully saturated rings. The van der Waals surface area contributed by atoms with Crippen molar-refractivity contribution in [2.24, 2.45) is 0 Å². The molecule has 1 N–H and O–H groups in total. The largest absolute Gasteiger partial charge is 0.497 e. The number of sulfonamides is 1. The van der Waals surface area contributed by atoms with Gasteiger partial charge in [0, 0.05) is 59.6 Å². The molecule has 3 heterocycles. The van der Waals surface area contributed by atoms with Crippen LogP contribution < -0.4 is 24.0 Å². The first-order chi connectivity index (χ1) is 22.1. The maximum atomic E-state index is 14.9. The summed E-state index contributed by atoms with van der Waals surface area (Å²) >= 11 is 13.2. The van der Waals surface area contributed by atoms with Gasteiger partial charge in [-0.1, -0.05) is 47.5 Å². The molecule has 46 heavy (non-hydrogen) atoms. The number of aromatic nitrogens is 1. The van der Waals surface area contributed by atoms with Crippen molar-refractivity contribution in [2.75, 3.05) is 49.6 Å². The molecular weight excluding hydrogens is 653 g/mol. The van der Waals surface area contributed by atoms with Gasteiger partial charge >= 0.3 is 6.03 Å². The van der Waals surface area contributed by atoms with Gasteiger partial charge in [0.1, 0.15) is 22.2 Å². The normalized spacial score (nSPS) is 17.9. The summed E-state index contributed by atoms with van der Waals surface area (Å²) in [5.41, 5.74) is -1.72. The quantitative estimate of drug-likeness (QED) is 0.292. The van der Waals surface area contributed by atoms with Crippen LogP contribution in [0.5, 0.6) is 11.5 Å². The third-order valence-electron chi connectivity index (χ3n) is 8.09. The molecule has 1 atom stereocenters. The van der Waals surface area contributed by atoms with Crippen molar-refractivity contribution < 1.29 is 27.5 Å². The Kier molecular flexibility index (Phi) is 8.45. The lowest BCUT2D eigenvalue weighted by molar-refractivity contribution is -0.121. The van der Waals surface area contributed by atoms with Crippen LogP contribution in [0.25, 0.3) is 0 Å². The zero-order chi connectivity index (χ0) is 32.6. The van der Waals surface area contributed by atoms with E-state index in [2.05, 4.69) is 15.2 Å². The number of carbonyl (C=O) groups excluding carboxylic acids is 2. The lowest BCUT2D eigenvalue weighted by atomic mass is 9.83. The van der Waals surface area contributed by atoms with Crippen molar-refractivity contribution in [3.63, 3.8) is 0 Å². The maximum Gasteiger partial charge on any atom is 0.318 e. The first-order valence-electron chi connectivity index (χ1n) is 14.2. The highest BCUT2D eigenvalue weighted by molar-refractivity contribution is 7.93. The lowest BCUT2D eigenvalue weighted by Gasteiger charge is -2.38. The number of piperazine rings is 1. The van der Waals surface area contributed by atoms with Crippen molar-refractivity contribution >= 4 is 56.7 Å². The minimum absolute atomic E-state index is 0.00691. The highest BCUT2D eigenvalue weighted by atomic mass is 35.5. The van der Waals surface area contributed by atoms with Crippen LogP contribution in [-0.2, 0) is 20.4 Å². The highest BCUT2D eigenvalue weighted by Gasteiger charge is 2.58. The summed E-state index contributed by atoms with van der Waals surface area (Å²) in [5, 5.41) is 3.28. The lowest BCUT2D eigenvalue weighted by Crippen LogP contribution is -2.60. The summed E-state index contributed by atoms with van der Waals surface area (Å²) in [6, 6.07) is 20.0. The summed E-state index contributed by atoms with van der Waals surface area (Å²) in [4.78, 5) is 36.7. The Bertz CT molecular complexity index is 1920. The van der Waals surface area contributed by atoms with Gasteiger partial charge in [0.05, 0.1) is 19.9 Å². The summed E-state index contributed by atoms with van der Waals surface area (Å²) in [6.45, 7) is 1.64. The molecule has 1 unspecified atom stereocenters. The van der Waals surface area contributed by atoms with Crippen LogP contribution in [0.4, 0.5) is 16.3 Å². The molecule has 6 rings (SSSR count). The fraction of sp³-hybridized carbons (Fsp3) is 0.219. The Labute approximate surface area is 276 Å². The van der Waals surface area contributed by atoms with Gasteiger partial charge in [-0.15, -0.1) is 0 Å². The minimum Gasteiger partial charge on any atom is -0.497 e. The molecule has 2 aliphatic heterocycles. The third-order valence-corrected chi connectivity index (χ3v) is 10.4. The first kappa shape index (κ1) is 31.5. The zero-order valence-electron chi connectivity index (χ0n) is 24.8. The van der Waals surface area contributed by atoms with Crippen LogP contribution in [-0.4, -0.2) is 70.6 Å². The smallest absolute Gasteiger partial charge is 0.318 e. The fourth-order valence-electron chi connectivity index (χ4n) is 5.82. The number of nitrogens with zero attached hydrogens (tertiary/aromatic N) is 4. The Morgan fingerprint density at radius 2 is 1.63 bits per heavy atom. The van der Waals surface area contributed by atoms with E-state index in [1.165, 1.54) is 50.6 Å². The molecule has 0 saturated carbocycles. The van der Waals surface area contributed by atoms with E-state index in [4.69, 9.17) is 32.7 Å². The predicted molar refractivity (Wildman–Crippen MR) is 174 cm³/mol. The highest BCUT2D eigenvalue weighted by Crippen LogP contribution is 2.50. The van der Waals surface area contributed by atoms with E-state index in [-0.39, 0.29) is 37.5 Å². The molecule has 11 nitrogen and oxygen atoms in total. The molecule has 14 heteroatoms. The number of methoxy groups -OCH3 is 2. The zero-order valence-corrected chi connectivity index (χ0v) is 27.1. The van der Waals surface area contributed by atoms with E-state index in [0.29, 0.717) is 36.2 Å². The molecule has 1 saturated heterocycles. The van der Waals surface area contributed by atoms with Gasteiger partial charge in [0.25, 0.3) is 15.9 Å². The second kappa shape index (κ2) is 12.3. The van der Waals surface area contributed by atoms with E-state index in [9.17, 15) is 18.0 Å². The van der Waals surface area contributed by atoms with Gasteiger partial charge in [-0.25, -0.2) is 18.2 Å². The number of amides is 3. The van der Waals surface area contributed by atoms with E-state index < -0.39 is 27.5 Å². The Morgan fingerprint density at radius 1 is 0.891 bits per heavy atom. The molecule has 0 aliphatic carbocycles. The third kappa shape index (κ3) is 5.25. The summed E-state index contributed by atoms with van der Waals surface area (Å²) < 4.78 is 40.1. The predicted octanol–water partition coefficient (Wildman–Crippen LogP) is 4.92. The SMILES string of the molecule is COc1ccc(S(=O)(=O)N2C(=O)C(NC(=O)N3CCN(c4ccccn4)CC3)(c3ccccc3Cl)c3cc(Cl)ccc32)c(OC)c1. The Morgan fingerprint density at radius 3 is 2.30 bits per heavy atom. The van der Waals surface area contributed by atoms with Gasteiger partial charge in [0.15, 0.2) is 5.54 Å². The first-order valence-corrected chi connectivity index (χ1v) is 16.4. The van der Waals surface area contributed by atoms with Gasteiger partial charge in [-0.2, -0.15) is 4.31 Å². The van der Waals surface area contributed by atoms with Gasteiger partial charge < -0.3 is 24.6 Å². The molecule has 3 amide bonds. The van der Waals surface area contributed by atoms with E-state index in [1.54, 1.807) is 35.4 Å². The van der Waals surface area contributed by atoms with Crippen LogP contribution in [0.3, 0.4) is 0 Å². The van der Waals surface area contributed by atoms with Crippen LogP contribution in [0, 0.1) is 0 Å². The van der Waals surface area contributed by atoms with Gasteiger partial charge in [0.2, 0.25) is 0 Å². The van der Waals surface area contributed by atoms with Crippen LogP contribution in [0.15, 0.2) is 90.0 Å². The number of hydrogen-bond acceptors (Lipinski definition) is 8. The van der Waals surface area contributed by atoms with Crippen LogP contribution >= 0.6 is 23.2 Å². The number of nitrogens with one attached hydrogen (secondary N) is 1. The molecule has 238 valence electrons. The molecule has 0 spiro atoms. The number of fused-ring (bicyclic) bond motifs is 1. The number of rotatable bonds is 7. The van der Waals surface area contributed by atoms with E-state index >= 15 is 0 Å². The van der Waals surface area contributed by atoms with E-state index in [1.807, 2.05) is 18.2 Å². The summed E-state index contributed by atoms with van der Waals surface area (Å²) in [6.07, 6.45) is 1.71. The number of urea groups is 1. The molecular formula is C32H29Cl2N5O6S. The average Bonchev–Trinajstić information content (AvgIpc) is 3.32. The van der Waals surface area contributed by atoms with Crippen molar-refractivity contribution in [1.29, 1.82) is 0 Å². The monoisotopic (exact) mass is 681 g/mol. The van der Waals surface area contributed by atoms with Gasteiger partial charge in [-0.05, 0) is 48.5 Å². The molecule has 0 bridgehead atoms. The van der Waals surface area contributed by atoms with Gasteiger partial charge in [-0.3, -0.25) is 4.79 Å². The fourth-order valence-corrected chi connectivity index (χ4v) is 7.88. The van der Waals surface area contributed by atoms with Crippen LogP contribution in [0.1, 0.15) is 11.1 Å². The second-order valence-corrected chi connectivity index (χ2v) is 13.2. The van der Waals surface area contributed by atoms with E-state index in [0.717, 1.165) is 5.82 Å². The number of benzene rings is 3. The minimum atomic E-state index is -4.63. The maximum absolute atomic E-state index is 14.9. The van der Waals surface area contributed by atoms with Crippen molar-refractivity contribution in [3.8, 4) is 11.5 Å². The summed E-state index contributed by atoms with van der Waals surface area (Å²) in [7, 11) is -1.88. The number of hydrogen-bond donors (Lipinski definition) is 1. The number of halogens is 2. The number of ether oxygens (including phenoxy) is 2. The average molecular weight is 683 g/mol. The number of carbonyl (C=O) groups is 2. The molecule has 0 radical (unpaired) electrons. The number of pyridine rings is 1. The topological polar surface area (TPSA) is 121 Å². The number of anilines is 2. The molecule has 1 aromatic heterocycles. The molecule has 4 aromatic rings. The molecule has 2 aliphatic rings. The Balaban J connectivity index is 1.45.